The summed E-state index contributed by atoms with van der Waals surface area (Å²) in [5, 5.41) is 6.92. The maximum absolute atomic E-state index is 13.1. The summed E-state index contributed by atoms with van der Waals surface area (Å²) in [4.78, 5) is 3.88. The van der Waals surface area contributed by atoms with Gasteiger partial charge in [-0.3, -0.25) is 9.55 Å². The largest absolute Gasteiger partial charge is 0.451 e. The number of ether oxygens (including phenoxy) is 1. The van der Waals surface area contributed by atoms with Crippen molar-refractivity contribution in [1.29, 1.82) is 0 Å². The molecule has 0 atom stereocenters. The van der Waals surface area contributed by atoms with Gasteiger partial charge in [0.25, 0.3) is 0 Å². The smallest absolute Gasteiger partial charge is 0.397 e. The topological polar surface area (TPSA) is 78.9 Å². The van der Waals surface area contributed by atoms with Crippen molar-refractivity contribution < 1.29 is 17.9 Å². The van der Waals surface area contributed by atoms with Crippen molar-refractivity contribution in [2.24, 2.45) is 0 Å². The third kappa shape index (κ3) is 4.77. The van der Waals surface area contributed by atoms with Crippen LogP contribution in [0.15, 0.2) is 18.5 Å². The molecule has 10 heteroatoms. The van der Waals surface area contributed by atoms with Crippen LogP contribution in [0.4, 0.5) is 18.9 Å². The highest BCUT2D eigenvalue weighted by atomic mass is 28.3. The zero-order valence-corrected chi connectivity index (χ0v) is 14.8. The lowest BCUT2D eigenvalue weighted by Gasteiger charge is -2.17. The normalized spacial score (nSPS) is 12.6. The molecule has 2 aromatic heterocycles. The molecular weight excluding hydrogens is 339 g/mol. The first-order valence-corrected chi connectivity index (χ1v) is 11.1. The first-order chi connectivity index (χ1) is 11.1. The second-order valence-corrected chi connectivity index (χ2v) is 12.2. The Morgan fingerprint density at radius 2 is 1.92 bits per heavy atom. The number of nitrogen functional groups attached to an aromatic ring is 1. The van der Waals surface area contributed by atoms with Gasteiger partial charge in [0.05, 0.1) is 5.69 Å². The fraction of sp³-hybridized carbons (Fsp3) is 0.500. The fourth-order valence-electron chi connectivity index (χ4n) is 1.96. The van der Waals surface area contributed by atoms with Crippen molar-refractivity contribution in [3.05, 3.63) is 24.3 Å². The molecular formula is C14H20F3N5OSi. The fourth-order valence-corrected chi connectivity index (χ4v) is 2.72. The van der Waals surface area contributed by atoms with Crippen molar-refractivity contribution in [1.82, 2.24) is 19.7 Å². The highest BCUT2D eigenvalue weighted by Gasteiger charge is 2.38. The van der Waals surface area contributed by atoms with Gasteiger partial charge in [-0.2, -0.15) is 13.2 Å². The van der Waals surface area contributed by atoms with Gasteiger partial charge in [0, 0.05) is 32.6 Å². The monoisotopic (exact) mass is 359 g/mol. The first kappa shape index (κ1) is 18.4. The zero-order chi connectivity index (χ0) is 18.0. The zero-order valence-electron chi connectivity index (χ0n) is 13.8. The lowest BCUT2D eigenvalue weighted by atomic mass is 10.2. The lowest BCUT2D eigenvalue weighted by Crippen LogP contribution is -2.23. The predicted molar refractivity (Wildman–Crippen MR) is 86.8 cm³/mol. The molecule has 6 nitrogen and oxygen atoms in total. The van der Waals surface area contributed by atoms with Crippen LogP contribution in [0.5, 0.6) is 0 Å². The number of aromatic nitrogens is 4. The molecule has 2 rings (SSSR count). The van der Waals surface area contributed by atoms with Crippen molar-refractivity contribution >= 4 is 13.8 Å². The minimum Gasteiger partial charge on any atom is -0.397 e. The summed E-state index contributed by atoms with van der Waals surface area (Å²) in [6, 6.07) is 2.35. The van der Waals surface area contributed by atoms with Gasteiger partial charge in [-0.15, -0.1) is 10.2 Å². The van der Waals surface area contributed by atoms with Crippen molar-refractivity contribution in [2.75, 3.05) is 12.3 Å². The van der Waals surface area contributed by atoms with E-state index < -0.39 is 20.1 Å². The molecule has 0 fully saturated rings. The van der Waals surface area contributed by atoms with Gasteiger partial charge in [-0.1, -0.05) is 19.6 Å². The Morgan fingerprint density at radius 3 is 2.50 bits per heavy atom. The molecule has 0 saturated carbocycles. The Kier molecular flexibility index (Phi) is 5.28. The third-order valence-corrected chi connectivity index (χ3v) is 4.94. The van der Waals surface area contributed by atoms with E-state index in [1.807, 2.05) is 0 Å². The van der Waals surface area contributed by atoms with Gasteiger partial charge in [0.15, 0.2) is 5.82 Å². The summed E-state index contributed by atoms with van der Waals surface area (Å²) in [6.07, 6.45) is -1.83. The molecule has 0 amide bonds. The Bertz CT molecular complexity index is 696. The average Bonchev–Trinajstić information content (AvgIpc) is 2.86. The van der Waals surface area contributed by atoms with Gasteiger partial charge in [0.2, 0.25) is 5.82 Å². The van der Waals surface area contributed by atoms with Crippen LogP contribution >= 0.6 is 0 Å². The van der Waals surface area contributed by atoms with Gasteiger partial charge in [-0.25, -0.2) is 0 Å². The van der Waals surface area contributed by atoms with Crippen LogP contribution in [0.1, 0.15) is 5.82 Å². The number of hydrogen-bond acceptors (Lipinski definition) is 5. The first-order valence-electron chi connectivity index (χ1n) is 7.37. The maximum Gasteiger partial charge on any atom is 0.451 e. The number of rotatable bonds is 6. The van der Waals surface area contributed by atoms with E-state index in [2.05, 4.69) is 34.8 Å². The molecule has 0 aliphatic heterocycles. The number of anilines is 1. The van der Waals surface area contributed by atoms with Crippen LogP contribution < -0.4 is 5.73 Å². The van der Waals surface area contributed by atoms with Crippen LogP contribution in [-0.4, -0.2) is 34.4 Å². The Labute approximate surface area is 138 Å². The Hall–Kier alpha value is -1.94. The minimum atomic E-state index is -4.62. The van der Waals surface area contributed by atoms with E-state index in [1.54, 1.807) is 0 Å². The maximum atomic E-state index is 13.1. The number of halogens is 3. The molecule has 132 valence electrons. The van der Waals surface area contributed by atoms with Crippen LogP contribution in [0.2, 0.25) is 25.7 Å². The SMILES string of the molecule is C[Si](C)(C)CCOCn1c(-c2cncc(N)c2)nnc1C(F)(F)F. The van der Waals surface area contributed by atoms with E-state index in [0.29, 0.717) is 17.9 Å². The summed E-state index contributed by atoms with van der Waals surface area (Å²) in [5.41, 5.74) is 6.32. The second kappa shape index (κ2) is 6.89. The Morgan fingerprint density at radius 1 is 1.21 bits per heavy atom. The van der Waals surface area contributed by atoms with Crippen molar-refractivity contribution in [2.45, 2.75) is 38.6 Å². The van der Waals surface area contributed by atoms with Crippen LogP contribution in [-0.2, 0) is 17.6 Å². The molecule has 0 radical (unpaired) electrons. The summed E-state index contributed by atoms with van der Waals surface area (Å²) in [6.45, 7) is 6.61. The summed E-state index contributed by atoms with van der Waals surface area (Å²) in [5.74, 6) is -1.08. The summed E-state index contributed by atoms with van der Waals surface area (Å²) in [7, 11) is -1.33. The molecule has 2 aromatic rings. The van der Waals surface area contributed by atoms with Crippen LogP contribution in [0.3, 0.4) is 0 Å². The van der Waals surface area contributed by atoms with Crippen molar-refractivity contribution in [3.8, 4) is 11.4 Å². The molecule has 2 heterocycles. The summed E-state index contributed by atoms with van der Waals surface area (Å²) < 4.78 is 45.8. The van der Waals surface area contributed by atoms with E-state index in [1.165, 1.54) is 18.5 Å². The van der Waals surface area contributed by atoms with E-state index in [-0.39, 0.29) is 12.6 Å². The number of alkyl halides is 3. The standard InChI is InChI=1S/C14H20F3N5OSi/c1-24(2,3)5-4-23-9-22-12(10-6-11(18)8-19-7-10)20-21-13(22)14(15,16)17/h6-8H,4-5,9,18H2,1-3H3. The second-order valence-electron chi connectivity index (χ2n) is 6.63. The molecule has 0 aromatic carbocycles. The van der Waals surface area contributed by atoms with Crippen molar-refractivity contribution in [3.63, 3.8) is 0 Å². The number of nitrogens with two attached hydrogens (primary N) is 1. The molecule has 0 unspecified atom stereocenters. The van der Waals surface area contributed by atoms with Crippen LogP contribution in [0, 0.1) is 0 Å². The van der Waals surface area contributed by atoms with Gasteiger partial charge in [0.1, 0.15) is 6.73 Å². The minimum absolute atomic E-state index is 0.0233. The Balaban J connectivity index is 2.27. The number of nitrogens with zero attached hydrogens (tertiary/aromatic N) is 4. The average molecular weight is 359 g/mol. The van der Waals surface area contributed by atoms with Gasteiger partial charge >= 0.3 is 6.18 Å². The van der Waals surface area contributed by atoms with E-state index in [4.69, 9.17) is 10.5 Å². The molecule has 0 saturated heterocycles. The highest BCUT2D eigenvalue weighted by Crippen LogP contribution is 2.31. The van der Waals surface area contributed by atoms with E-state index in [0.717, 1.165) is 10.6 Å². The molecule has 0 spiro atoms. The predicted octanol–water partition coefficient (Wildman–Crippen LogP) is 3.25. The third-order valence-electron chi connectivity index (χ3n) is 3.24. The highest BCUT2D eigenvalue weighted by molar-refractivity contribution is 6.76. The molecule has 0 aliphatic carbocycles. The van der Waals surface area contributed by atoms with E-state index >= 15 is 0 Å². The molecule has 0 bridgehead atoms. The van der Waals surface area contributed by atoms with Crippen LogP contribution in [0.25, 0.3) is 11.4 Å². The quantitative estimate of drug-likeness (QED) is 0.633. The van der Waals surface area contributed by atoms with E-state index in [9.17, 15) is 13.2 Å². The summed E-state index contributed by atoms with van der Waals surface area (Å²) >= 11 is 0. The van der Waals surface area contributed by atoms with Gasteiger partial charge in [-0.05, 0) is 12.1 Å². The lowest BCUT2D eigenvalue weighted by molar-refractivity contribution is -0.149. The van der Waals surface area contributed by atoms with Gasteiger partial charge < -0.3 is 10.5 Å². The number of pyridine rings is 1. The molecule has 2 N–H and O–H groups in total. The molecule has 24 heavy (non-hydrogen) atoms. The molecule has 0 aliphatic rings. The number of hydrogen-bond donors (Lipinski definition) is 1.